The van der Waals surface area contributed by atoms with Gasteiger partial charge in [0.25, 0.3) is 5.91 Å². The highest BCUT2D eigenvalue weighted by atomic mass is 35.5. The first-order chi connectivity index (χ1) is 11.1. The van der Waals surface area contributed by atoms with E-state index >= 15 is 0 Å². The van der Waals surface area contributed by atoms with E-state index in [-0.39, 0.29) is 11.9 Å². The molecule has 0 saturated heterocycles. The molecule has 0 spiro atoms. The molecule has 1 aromatic carbocycles. The zero-order chi connectivity index (χ0) is 16.2. The molecule has 1 amide bonds. The fourth-order valence-electron chi connectivity index (χ4n) is 1.89. The molecule has 3 rings (SSSR count). The summed E-state index contributed by atoms with van der Waals surface area (Å²) in [6.45, 7) is 0. The van der Waals surface area contributed by atoms with Crippen LogP contribution in [0.25, 0.3) is 0 Å². The summed E-state index contributed by atoms with van der Waals surface area (Å²) in [4.78, 5) is 13.7. The van der Waals surface area contributed by atoms with Crippen molar-refractivity contribution in [3.63, 3.8) is 0 Å². The largest absolute Gasteiger partial charge is 0.407 e. The summed E-state index contributed by atoms with van der Waals surface area (Å²) in [6.07, 6.45) is 2.55. The summed E-state index contributed by atoms with van der Waals surface area (Å²) in [5.41, 5.74) is 1.06. The number of thioether (sulfide) groups is 1. The molecule has 0 unspecified atom stereocenters. The number of nitrogens with one attached hydrogen (secondary N) is 1. The van der Waals surface area contributed by atoms with Crippen LogP contribution in [0.2, 0.25) is 4.34 Å². The van der Waals surface area contributed by atoms with E-state index in [1.165, 1.54) is 16.2 Å². The van der Waals surface area contributed by atoms with Crippen LogP contribution in [0.4, 0.5) is 6.01 Å². The van der Waals surface area contributed by atoms with Crippen LogP contribution in [0.3, 0.4) is 0 Å². The number of nitrogens with zero attached hydrogens (tertiary/aromatic N) is 2. The van der Waals surface area contributed by atoms with Crippen molar-refractivity contribution >= 4 is 46.6 Å². The lowest BCUT2D eigenvalue weighted by Gasteiger charge is -1.99. The second kappa shape index (κ2) is 7.16. The van der Waals surface area contributed by atoms with Crippen molar-refractivity contribution in [2.24, 2.45) is 0 Å². The topological polar surface area (TPSA) is 68.0 Å². The molecule has 0 fully saturated rings. The van der Waals surface area contributed by atoms with E-state index in [2.05, 4.69) is 15.5 Å². The van der Waals surface area contributed by atoms with Crippen LogP contribution in [0.15, 0.2) is 45.7 Å². The monoisotopic (exact) mass is 365 g/mol. The van der Waals surface area contributed by atoms with Crippen molar-refractivity contribution < 1.29 is 9.21 Å². The Morgan fingerprint density at radius 1 is 1.26 bits per heavy atom. The Kier molecular flexibility index (Phi) is 5.00. The summed E-state index contributed by atoms with van der Waals surface area (Å²) in [7, 11) is 0. The van der Waals surface area contributed by atoms with Gasteiger partial charge in [0.05, 0.1) is 15.6 Å². The first-order valence-electron chi connectivity index (χ1n) is 6.66. The number of carbonyl (C=O) groups is 1. The number of anilines is 1. The molecule has 2 aromatic heterocycles. The van der Waals surface area contributed by atoms with Gasteiger partial charge < -0.3 is 4.42 Å². The van der Waals surface area contributed by atoms with Crippen LogP contribution in [0.5, 0.6) is 0 Å². The van der Waals surface area contributed by atoms with E-state index in [0.29, 0.717) is 21.5 Å². The maximum atomic E-state index is 12.0. The van der Waals surface area contributed by atoms with E-state index in [1.54, 1.807) is 23.9 Å². The minimum absolute atomic E-state index is 0.0789. The lowest BCUT2D eigenvalue weighted by Crippen LogP contribution is -2.10. The predicted octanol–water partition coefficient (Wildman–Crippen LogP) is 4.35. The summed E-state index contributed by atoms with van der Waals surface area (Å²) in [5, 5.41) is 10.3. The van der Waals surface area contributed by atoms with Gasteiger partial charge in [0, 0.05) is 4.90 Å². The van der Waals surface area contributed by atoms with Crippen molar-refractivity contribution in [3.05, 3.63) is 57.1 Å². The third kappa shape index (κ3) is 4.13. The number of hydrogen-bond acceptors (Lipinski definition) is 6. The third-order valence-electron chi connectivity index (χ3n) is 3.00. The molecule has 0 bridgehead atoms. The van der Waals surface area contributed by atoms with Crippen molar-refractivity contribution in [3.8, 4) is 0 Å². The molecule has 0 aliphatic carbocycles. The minimum Gasteiger partial charge on any atom is -0.407 e. The highest BCUT2D eigenvalue weighted by Gasteiger charge is 2.13. The number of halogens is 1. The summed E-state index contributed by atoms with van der Waals surface area (Å²) in [5.74, 6) is 0.128. The average Bonchev–Trinajstić information content (AvgIpc) is 3.17. The average molecular weight is 366 g/mol. The van der Waals surface area contributed by atoms with Gasteiger partial charge in [-0.1, -0.05) is 28.8 Å². The smallest absolute Gasteiger partial charge is 0.322 e. The molecule has 0 saturated carbocycles. The van der Waals surface area contributed by atoms with Crippen molar-refractivity contribution in [1.29, 1.82) is 0 Å². The number of hydrogen-bond donors (Lipinski definition) is 1. The molecular formula is C15H12ClN3O2S2. The highest BCUT2D eigenvalue weighted by molar-refractivity contribution is 7.98. The van der Waals surface area contributed by atoms with Gasteiger partial charge in [-0.25, -0.2) is 0 Å². The van der Waals surface area contributed by atoms with Crippen LogP contribution in [0.1, 0.15) is 21.1 Å². The minimum atomic E-state index is -0.318. The third-order valence-corrected chi connectivity index (χ3v) is 4.97. The van der Waals surface area contributed by atoms with Gasteiger partial charge in [0.2, 0.25) is 5.89 Å². The molecule has 1 N–H and O–H groups in total. The van der Waals surface area contributed by atoms with E-state index in [9.17, 15) is 4.79 Å². The number of thiophene rings is 1. The fraction of sp³-hybridized carbons (Fsp3) is 0.133. The Balaban J connectivity index is 1.64. The Hall–Kier alpha value is -1.83. The van der Waals surface area contributed by atoms with E-state index < -0.39 is 0 Å². The van der Waals surface area contributed by atoms with Gasteiger partial charge in [-0.2, -0.15) is 0 Å². The molecule has 0 aliphatic heterocycles. The van der Waals surface area contributed by atoms with Crippen molar-refractivity contribution in [2.75, 3.05) is 11.6 Å². The number of carbonyl (C=O) groups excluding carboxylic acids is 1. The van der Waals surface area contributed by atoms with Crippen molar-refractivity contribution in [1.82, 2.24) is 10.2 Å². The fourth-order valence-corrected chi connectivity index (χ4v) is 3.24. The normalized spacial score (nSPS) is 10.7. The Bertz CT molecular complexity index is 814. The van der Waals surface area contributed by atoms with Gasteiger partial charge in [-0.3, -0.25) is 10.1 Å². The summed E-state index contributed by atoms with van der Waals surface area (Å²) >= 11 is 8.69. The van der Waals surface area contributed by atoms with Crippen LogP contribution in [-0.2, 0) is 6.42 Å². The molecule has 0 atom stereocenters. The molecule has 5 nitrogen and oxygen atoms in total. The van der Waals surface area contributed by atoms with Gasteiger partial charge in [0.15, 0.2) is 0 Å². The number of amides is 1. The zero-order valence-electron chi connectivity index (χ0n) is 12.1. The molecule has 8 heteroatoms. The maximum absolute atomic E-state index is 12.0. The summed E-state index contributed by atoms with van der Waals surface area (Å²) < 4.78 is 6.01. The number of rotatable bonds is 5. The van der Waals surface area contributed by atoms with Crippen LogP contribution in [0, 0.1) is 0 Å². The number of benzene rings is 1. The predicted molar refractivity (Wildman–Crippen MR) is 92.6 cm³/mol. The quantitative estimate of drug-likeness (QED) is 0.681. The SMILES string of the molecule is CSc1ccc(Cc2nnc(NC(=O)c3ccc(Cl)s3)o2)cc1. The Morgan fingerprint density at radius 2 is 2.04 bits per heavy atom. The van der Waals surface area contributed by atoms with E-state index in [0.717, 1.165) is 5.56 Å². The standard InChI is InChI=1S/C15H12ClN3O2S2/c1-22-10-4-2-9(3-5-10)8-13-18-19-15(21-13)17-14(20)11-6-7-12(16)23-11/h2-7H,8H2,1H3,(H,17,19,20). The highest BCUT2D eigenvalue weighted by Crippen LogP contribution is 2.22. The van der Waals surface area contributed by atoms with Gasteiger partial charge in [0.1, 0.15) is 0 Å². The van der Waals surface area contributed by atoms with Crippen molar-refractivity contribution in [2.45, 2.75) is 11.3 Å². The van der Waals surface area contributed by atoms with E-state index in [1.807, 2.05) is 30.5 Å². The van der Waals surface area contributed by atoms with Crippen LogP contribution >= 0.6 is 34.7 Å². The van der Waals surface area contributed by atoms with Gasteiger partial charge in [-0.15, -0.1) is 28.2 Å². The first kappa shape index (κ1) is 16.0. The van der Waals surface area contributed by atoms with Crippen LogP contribution < -0.4 is 5.32 Å². The lowest BCUT2D eigenvalue weighted by molar-refractivity contribution is 0.102. The molecular weight excluding hydrogens is 354 g/mol. The molecule has 0 radical (unpaired) electrons. The Labute approximate surface area is 146 Å². The maximum Gasteiger partial charge on any atom is 0.322 e. The molecule has 0 aliphatic rings. The Morgan fingerprint density at radius 3 is 2.70 bits per heavy atom. The second-order valence-corrected chi connectivity index (χ2v) is 7.18. The second-order valence-electron chi connectivity index (χ2n) is 4.58. The van der Waals surface area contributed by atoms with E-state index in [4.69, 9.17) is 16.0 Å². The van der Waals surface area contributed by atoms with Gasteiger partial charge >= 0.3 is 6.01 Å². The number of aromatic nitrogens is 2. The first-order valence-corrected chi connectivity index (χ1v) is 9.08. The molecule has 23 heavy (non-hydrogen) atoms. The zero-order valence-corrected chi connectivity index (χ0v) is 14.5. The lowest BCUT2D eigenvalue weighted by atomic mass is 10.1. The van der Waals surface area contributed by atoms with Crippen LogP contribution in [-0.4, -0.2) is 22.4 Å². The van der Waals surface area contributed by atoms with Gasteiger partial charge in [-0.05, 0) is 36.1 Å². The molecule has 2 heterocycles. The molecule has 118 valence electrons. The molecule has 3 aromatic rings. The summed E-state index contributed by atoms with van der Waals surface area (Å²) in [6, 6.07) is 11.5.